The molecule has 0 aromatic carbocycles. The Morgan fingerprint density at radius 3 is 2.75 bits per heavy atom. The van der Waals surface area contributed by atoms with Crippen molar-refractivity contribution in [2.24, 2.45) is 0 Å². The van der Waals surface area contributed by atoms with Crippen molar-refractivity contribution in [2.45, 2.75) is 19.3 Å². The van der Waals surface area contributed by atoms with E-state index in [2.05, 4.69) is 10.2 Å². The van der Waals surface area contributed by atoms with Crippen molar-refractivity contribution >= 4 is 28.8 Å². The lowest BCUT2D eigenvalue weighted by atomic mass is 10.2. The zero-order valence-electron chi connectivity index (χ0n) is 9.02. The maximum absolute atomic E-state index is 11.7. The van der Waals surface area contributed by atoms with E-state index in [1.807, 2.05) is 0 Å². The summed E-state index contributed by atoms with van der Waals surface area (Å²) < 4.78 is 0.275. The normalized spacial score (nSPS) is 10.4. The number of hydrogen-bond acceptors (Lipinski definition) is 5. The lowest BCUT2D eigenvalue weighted by molar-refractivity contribution is 0.0791. The largest absolute Gasteiger partial charge is 0.396 e. The molecule has 0 aliphatic rings. The number of halogens is 1. The van der Waals surface area contributed by atoms with E-state index in [1.165, 1.54) is 0 Å². The number of carbonyl (C=O) groups excluding carboxylic acids is 1. The molecule has 0 bridgehead atoms. The average molecular weight is 264 g/mol. The molecule has 0 saturated carbocycles. The zero-order chi connectivity index (χ0) is 12.0. The molecule has 1 N–H and O–H groups in total. The Balaban J connectivity index is 2.36. The summed E-state index contributed by atoms with van der Waals surface area (Å²) in [6.07, 6.45) is 2.55. The van der Waals surface area contributed by atoms with E-state index in [1.54, 1.807) is 11.9 Å². The van der Waals surface area contributed by atoms with Gasteiger partial charge in [0.1, 0.15) is 0 Å². The molecule has 1 aromatic rings. The van der Waals surface area contributed by atoms with Crippen LogP contribution in [0.3, 0.4) is 0 Å². The van der Waals surface area contributed by atoms with Crippen molar-refractivity contribution in [3.63, 3.8) is 0 Å². The highest BCUT2D eigenvalue weighted by molar-refractivity contribution is 7.17. The second-order valence-electron chi connectivity index (χ2n) is 3.37. The van der Waals surface area contributed by atoms with Crippen LogP contribution in [0, 0.1) is 0 Å². The maximum Gasteiger partial charge on any atom is 0.284 e. The van der Waals surface area contributed by atoms with Crippen LogP contribution in [0.25, 0.3) is 0 Å². The summed E-state index contributed by atoms with van der Waals surface area (Å²) in [5.74, 6) is -0.159. The van der Waals surface area contributed by atoms with E-state index in [0.717, 1.165) is 30.6 Å². The van der Waals surface area contributed by atoms with Crippen LogP contribution in [0.1, 0.15) is 29.1 Å². The fourth-order valence-corrected chi connectivity index (χ4v) is 2.02. The quantitative estimate of drug-likeness (QED) is 0.789. The summed E-state index contributed by atoms with van der Waals surface area (Å²) in [6.45, 7) is 0.847. The Bertz CT molecular complexity index is 345. The molecular formula is C9H14ClN3O2S. The number of hydrogen-bond donors (Lipinski definition) is 1. The number of nitrogens with zero attached hydrogens (tertiary/aromatic N) is 3. The number of rotatable bonds is 6. The zero-order valence-corrected chi connectivity index (χ0v) is 10.6. The molecule has 90 valence electrons. The van der Waals surface area contributed by atoms with Crippen molar-refractivity contribution in [1.29, 1.82) is 0 Å². The second kappa shape index (κ2) is 6.78. The molecule has 0 spiro atoms. The first kappa shape index (κ1) is 13.3. The van der Waals surface area contributed by atoms with Gasteiger partial charge in [0.05, 0.1) is 0 Å². The van der Waals surface area contributed by atoms with Crippen LogP contribution in [-0.2, 0) is 0 Å². The number of aliphatic hydroxyl groups excluding tert-OH is 1. The molecule has 1 amide bonds. The Kier molecular flexibility index (Phi) is 5.65. The molecule has 0 saturated heterocycles. The lowest BCUT2D eigenvalue weighted by Gasteiger charge is -2.14. The van der Waals surface area contributed by atoms with E-state index in [0.29, 0.717) is 11.6 Å². The third-order valence-corrected chi connectivity index (χ3v) is 3.09. The van der Waals surface area contributed by atoms with Crippen LogP contribution >= 0.6 is 22.9 Å². The Hall–Kier alpha value is -0.720. The average Bonchev–Trinajstić information content (AvgIpc) is 2.70. The minimum atomic E-state index is -0.159. The fraction of sp³-hybridized carbons (Fsp3) is 0.667. The standard InChI is InChI=1S/C9H14ClN3O2S/c1-13(5-3-2-4-6-14)8(15)7-11-12-9(10)16-7/h14H,2-6H2,1H3. The first-order valence-electron chi connectivity index (χ1n) is 5.00. The molecule has 7 heteroatoms. The maximum atomic E-state index is 11.7. The predicted molar refractivity (Wildman–Crippen MR) is 62.8 cm³/mol. The van der Waals surface area contributed by atoms with Crippen LogP contribution in [0.2, 0.25) is 4.47 Å². The van der Waals surface area contributed by atoms with Crippen molar-refractivity contribution < 1.29 is 9.90 Å². The fourth-order valence-electron chi connectivity index (χ4n) is 1.19. The van der Waals surface area contributed by atoms with E-state index in [9.17, 15) is 4.79 Å². The molecule has 16 heavy (non-hydrogen) atoms. The molecule has 0 radical (unpaired) electrons. The molecule has 0 atom stereocenters. The van der Waals surface area contributed by atoms with Gasteiger partial charge >= 0.3 is 0 Å². The summed E-state index contributed by atoms with van der Waals surface area (Å²) in [7, 11) is 1.72. The minimum absolute atomic E-state index is 0.159. The van der Waals surface area contributed by atoms with Gasteiger partial charge in [0.25, 0.3) is 5.91 Å². The first-order valence-corrected chi connectivity index (χ1v) is 6.20. The highest BCUT2D eigenvalue weighted by atomic mass is 35.5. The van der Waals surface area contributed by atoms with E-state index < -0.39 is 0 Å². The van der Waals surface area contributed by atoms with Crippen LogP contribution in [0.4, 0.5) is 0 Å². The third-order valence-electron chi connectivity index (χ3n) is 2.08. The molecule has 0 unspecified atom stereocenters. The molecule has 0 aliphatic carbocycles. The minimum Gasteiger partial charge on any atom is -0.396 e. The van der Waals surface area contributed by atoms with Gasteiger partial charge in [0.15, 0.2) is 0 Å². The number of unbranched alkanes of at least 4 members (excludes halogenated alkanes) is 2. The van der Waals surface area contributed by atoms with Gasteiger partial charge in [0, 0.05) is 20.2 Å². The predicted octanol–water partition coefficient (Wildman–Crippen LogP) is 1.43. The Labute approximate surface area is 103 Å². The van der Waals surface area contributed by atoms with Crippen molar-refractivity contribution in [3.05, 3.63) is 9.47 Å². The Morgan fingerprint density at radius 1 is 1.44 bits per heavy atom. The molecule has 1 rings (SSSR count). The van der Waals surface area contributed by atoms with Gasteiger partial charge in [-0.15, -0.1) is 10.2 Å². The molecule has 1 aromatic heterocycles. The van der Waals surface area contributed by atoms with Gasteiger partial charge in [-0.05, 0) is 30.9 Å². The molecule has 0 fully saturated rings. The van der Waals surface area contributed by atoms with E-state index in [-0.39, 0.29) is 17.0 Å². The number of aliphatic hydroxyl groups is 1. The van der Waals surface area contributed by atoms with Gasteiger partial charge in [-0.25, -0.2) is 0 Å². The van der Waals surface area contributed by atoms with Crippen LogP contribution < -0.4 is 0 Å². The lowest BCUT2D eigenvalue weighted by Crippen LogP contribution is -2.27. The van der Waals surface area contributed by atoms with E-state index in [4.69, 9.17) is 16.7 Å². The van der Waals surface area contributed by atoms with Gasteiger partial charge in [-0.3, -0.25) is 4.79 Å². The highest BCUT2D eigenvalue weighted by Crippen LogP contribution is 2.16. The third kappa shape index (κ3) is 4.03. The van der Waals surface area contributed by atoms with Crippen LogP contribution in [0.5, 0.6) is 0 Å². The Morgan fingerprint density at radius 2 is 2.19 bits per heavy atom. The summed E-state index contributed by atoms with van der Waals surface area (Å²) in [5.41, 5.74) is 0. The topological polar surface area (TPSA) is 66.3 Å². The second-order valence-corrected chi connectivity index (χ2v) is 4.93. The summed E-state index contributed by atoms with van der Waals surface area (Å²) >= 11 is 6.68. The summed E-state index contributed by atoms with van der Waals surface area (Å²) in [4.78, 5) is 13.3. The van der Waals surface area contributed by atoms with Crippen molar-refractivity contribution in [2.75, 3.05) is 20.2 Å². The number of aromatic nitrogens is 2. The molecule has 0 aliphatic heterocycles. The van der Waals surface area contributed by atoms with Crippen LogP contribution in [0.15, 0.2) is 0 Å². The van der Waals surface area contributed by atoms with Gasteiger partial charge in [0.2, 0.25) is 9.47 Å². The van der Waals surface area contributed by atoms with Crippen molar-refractivity contribution in [3.8, 4) is 0 Å². The van der Waals surface area contributed by atoms with Crippen molar-refractivity contribution in [1.82, 2.24) is 15.1 Å². The number of carbonyl (C=O) groups is 1. The van der Waals surface area contributed by atoms with Gasteiger partial charge in [-0.2, -0.15) is 0 Å². The molecular weight excluding hydrogens is 250 g/mol. The monoisotopic (exact) mass is 263 g/mol. The van der Waals surface area contributed by atoms with E-state index >= 15 is 0 Å². The molecule has 5 nitrogen and oxygen atoms in total. The van der Waals surface area contributed by atoms with Crippen LogP contribution in [-0.4, -0.2) is 46.3 Å². The molecule has 1 heterocycles. The first-order chi connectivity index (χ1) is 7.65. The van der Waals surface area contributed by atoms with Gasteiger partial charge in [-0.1, -0.05) is 11.3 Å². The number of amides is 1. The highest BCUT2D eigenvalue weighted by Gasteiger charge is 2.16. The van der Waals surface area contributed by atoms with Gasteiger partial charge < -0.3 is 10.0 Å². The summed E-state index contributed by atoms with van der Waals surface area (Å²) in [5, 5.41) is 16.2. The summed E-state index contributed by atoms with van der Waals surface area (Å²) in [6, 6.07) is 0. The smallest absolute Gasteiger partial charge is 0.284 e. The SMILES string of the molecule is CN(CCCCCO)C(=O)c1nnc(Cl)s1.